The number of hydrogen-bond acceptors (Lipinski definition) is 5. The number of nitrogens with zero attached hydrogens (tertiary/aromatic N) is 5. The molecule has 0 aliphatic carbocycles. The van der Waals surface area contributed by atoms with E-state index < -0.39 is 0 Å². The first-order valence-electron chi connectivity index (χ1n) is 7.81. The second kappa shape index (κ2) is 6.65. The lowest BCUT2D eigenvalue weighted by Gasteiger charge is -2.15. The van der Waals surface area contributed by atoms with Crippen LogP contribution in [0.2, 0.25) is 0 Å². The van der Waals surface area contributed by atoms with Crippen LogP contribution in [-0.2, 0) is 0 Å². The van der Waals surface area contributed by atoms with E-state index in [1.165, 1.54) is 0 Å². The van der Waals surface area contributed by atoms with E-state index in [0.29, 0.717) is 0 Å². The molecule has 2 heterocycles. The fourth-order valence-corrected chi connectivity index (χ4v) is 3.70. The Bertz CT molecular complexity index is 929. The van der Waals surface area contributed by atoms with Crippen LogP contribution in [0.25, 0.3) is 11.4 Å². The summed E-state index contributed by atoms with van der Waals surface area (Å²) in [5.41, 5.74) is 4.29. The summed E-state index contributed by atoms with van der Waals surface area (Å²) in [6, 6.07) is 16.5. The van der Waals surface area contributed by atoms with Gasteiger partial charge in [-0.05, 0) is 42.0 Å². The first kappa shape index (κ1) is 16.4. The summed E-state index contributed by atoms with van der Waals surface area (Å²) in [6.07, 6.45) is 0. The fraction of sp³-hybridized carbons (Fsp3) is 0.167. The lowest BCUT2D eigenvalue weighted by Crippen LogP contribution is -2.13. The number of fused-ring (bicyclic) bond motifs is 1. The molecule has 0 atom stereocenters. The zero-order chi connectivity index (χ0) is 17.4. The van der Waals surface area contributed by atoms with Crippen LogP contribution in [0.1, 0.15) is 5.56 Å². The van der Waals surface area contributed by atoms with Gasteiger partial charge in [0.2, 0.25) is 5.16 Å². The molecule has 0 saturated carbocycles. The summed E-state index contributed by atoms with van der Waals surface area (Å²) in [5, 5.41) is 14.3. The Kier molecular flexibility index (Phi) is 4.35. The second-order valence-electron chi connectivity index (χ2n) is 5.90. The number of rotatable bonds is 3. The van der Waals surface area contributed by atoms with Gasteiger partial charge in [-0.3, -0.25) is 0 Å². The van der Waals surface area contributed by atoms with E-state index in [1.54, 1.807) is 11.8 Å². The van der Waals surface area contributed by atoms with Crippen molar-refractivity contribution < 1.29 is 0 Å². The predicted molar refractivity (Wildman–Crippen MR) is 107 cm³/mol. The molecule has 1 aliphatic heterocycles. The van der Waals surface area contributed by atoms with E-state index in [1.807, 2.05) is 30.9 Å². The topological polar surface area (TPSA) is 46.3 Å². The molecule has 3 aromatic rings. The van der Waals surface area contributed by atoms with Gasteiger partial charge in [-0.25, -0.2) is 0 Å². The maximum Gasteiger partial charge on any atom is 0.212 e. The number of thioether (sulfide) groups is 1. The molecule has 0 bridgehead atoms. The molecule has 5 nitrogen and oxygen atoms in total. The summed E-state index contributed by atoms with van der Waals surface area (Å²) in [6.45, 7) is 0. The standard InChI is InChI=1S/C18H16BrN5S/c1-23(2)15-9-5-13(6-10-15)17-20-21-18-24(17)22-16(11-25-18)12-3-7-14(19)8-4-12/h3-10H,11H2,1-2H3. The normalized spacial score (nSPS) is 13.3. The Morgan fingerprint density at radius 3 is 2.32 bits per heavy atom. The molecule has 0 N–H and O–H groups in total. The molecule has 25 heavy (non-hydrogen) atoms. The minimum atomic E-state index is 0.766. The second-order valence-corrected chi connectivity index (χ2v) is 7.76. The van der Waals surface area contributed by atoms with E-state index in [2.05, 4.69) is 67.4 Å². The highest BCUT2D eigenvalue weighted by Gasteiger charge is 2.20. The average molecular weight is 414 g/mol. The highest BCUT2D eigenvalue weighted by molar-refractivity contribution is 9.10. The minimum absolute atomic E-state index is 0.766. The third kappa shape index (κ3) is 3.21. The monoisotopic (exact) mass is 413 g/mol. The molecular formula is C18H16BrN5S. The van der Waals surface area contributed by atoms with Crippen molar-refractivity contribution in [3.8, 4) is 11.4 Å². The van der Waals surface area contributed by atoms with Gasteiger partial charge in [0.15, 0.2) is 5.82 Å². The maximum atomic E-state index is 4.80. The molecule has 4 rings (SSSR count). The van der Waals surface area contributed by atoms with Crippen LogP contribution < -0.4 is 4.90 Å². The Morgan fingerprint density at radius 1 is 0.960 bits per heavy atom. The molecule has 0 amide bonds. The zero-order valence-electron chi connectivity index (χ0n) is 13.8. The van der Waals surface area contributed by atoms with E-state index in [9.17, 15) is 0 Å². The fourth-order valence-electron chi connectivity index (χ4n) is 2.60. The highest BCUT2D eigenvalue weighted by atomic mass is 79.9. The lowest BCUT2D eigenvalue weighted by atomic mass is 10.1. The van der Waals surface area contributed by atoms with Gasteiger partial charge >= 0.3 is 0 Å². The predicted octanol–water partition coefficient (Wildman–Crippen LogP) is 4.13. The molecule has 126 valence electrons. The van der Waals surface area contributed by atoms with Gasteiger partial charge in [0.05, 0.1) is 5.71 Å². The van der Waals surface area contributed by atoms with Gasteiger partial charge in [0.25, 0.3) is 0 Å². The minimum Gasteiger partial charge on any atom is -0.378 e. The molecule has 0 fully saturated rings. The van der Waals surface area contributed by atoms with Crippen LogP contribution in [0.5, 0.6) is 0 Å². The SMILES string of the molecule is CN(C)c1ccc(-c2nnc3n2N=C(c2ccc(Br)cc2)CS3)cc1. The van der Waals surface area contributed by atoms with Gasteiger partial charge in [-0.2, -0.15) is 9.78 Å². The molecule has 0 spiro atoms. The zero-order valence-corrected chi connectivity index (χ0v) is 16.3. The van der Waals surface area contributed by atoms with Gasteiger partial charge in [0.1, 0.15) is 0 Å². The number of hydrogen-bond donors (Lipinski definition) is 0. The van der Waals surface area contributed by atoms with Gasteiger partial charge in [-0.15, -0.1) is 10.2 Å². The smallest absolute Gasteiger partial charge is 0.212 e. The summed E-state index contributed by atoms with van der Waals surface area (Å²) in [7, 11) is 4.05. The Balaban J connectivity index is 1.72. The quantitative estimate of drug-likeness (QED) is 0.647. The van der Waals surface area contributed by atoms with Crippen LogP contribution in [0.3, 0.4) is 0 Å². The van der Waals surface area contributed by atoms with E-state index >= 15 is 0 Å². The summed E-state index contributed by atoms with van der Waals surface area (Å²) < 4.78 is 2.91. The van der Waals surface area contributed by atoms with E-state index in [-0.39, 0.29) is 0 Å². The lowest BCUT2D eigenvalue weighted by molar-refractivity contribution is 0.762. The van der Waals surface area contributed by atoms with Gasteiger partial charge in [0, 0.05) is 35.6 Å². The molecular weight excluding hydrogens is 398 g/mol. The van der Waals surface area contributed by atoms with Crippen LogP contribution >= 0.6 is 27.7 Å². The molecule has 0 saturated heterocycles. The third-order valence-corrected chi connectivity index (χ3v) is 5.45. The van der Waals surface area contributed by atoms with Crippen LogP contribution in [-0.4, -0.2) is 40.4 Å². The first-order chi connectivity index (χ1) is 12.1. The summed E-state index contributed by atoms with van der Waals surface area (Å²) in [5.74, 6) is 1.56. The molecule has 0 radical (unpaired) electrons. The summed E-state index contributed by atoms with van der Waals surface area (Å²) in [4.78, 5) is 2.07. The first-order valence-corrected chi connectivity index (χ1v) is 9.59. The van der Waals surface area contributed by atoms with Crippen molar-refractivity contribution in [2.45, 2.75) is 5.16 Å². The molecule has 1 aromatic heterocycles. The van der Waals surface area contributed by atoms with Crippen molar-refractivity contribution in [1.82, 2.24) is 14.9 Å². The van der Waals surface area contributed by atoms with Crippen molar-refractivity contribution >= 4 is 39.1 Å². The largest absolute Gasteiger partial charge is 0.378 e. The number of halogens is 1. The van der Waals surface area contributed by atoms with Crippen molar-refractivity contribution in [3.05, 3.63) is 58.6 Å². The number of anilines is 1. The van der Waals surface area contributed by atoms with Crippen LogP contribution in [0.15, 0.2) is 63.3 Å². The van der Waals surface area contributed by atoms with Crippen LogP contribution in [0, 0.1) is 0 Å². The van der Waals surface area contributed by atoms with Crippen molar-refractivity contribution in [3.63, 3.8) is 0 Å². The number of aromatic nitrogens is 3. The van der Waals surface area contributed by atoms with Gasteiger partial charge in [-0.1, -0.05) is 39.8 Å². The van der Waals surface area contributed by atoms with Crippen molar-refractivity contribution in [2.75, 3.05) is 24.7 Å². The molecule has 2 aromatic carbocycles. The Labute approximate surface area is 158 Å². The van der Waals surface area contributed by atoms with Crippen molar-refractivity contribution in [2.24, 2.45) is 5.10 Å². The third-order valence-electron chi connectivity index (χ3n) is 3.99. The van der Waals surface area contributed by atoms with Gasteiger partial charge < -0.3 is 4.90 Å². The molecule has 7 heteroatoms. The Hall–Kier alpha value is -2.12. The molecule has 0 unspecified atom stereocenters. The maximum absolute atomic E-state index is 4.80. The highest BCUT2D eigenvalue weighted by Crippen LogP contribution is 2.29. The Morgan fingerprint density at radius 2 is 1.64 bits per heavy atom. The molecule has 1 aliphatic rings. The van der Waals surface area contributed by atoms with E-state index in [4.69, 9.17) is 5.10 Å². The number of benzene rings is 2. The van der Waals surface area contributed by atoms with Crippen molar-refractivity contribution in [1.29, 1.82) is 0 Å². The average Bonchev–Trinajstić information content (AvgIpc) is 3.05. The summed E-state index contributed by atoms with van der Waals surface area (Å²) >= 11 is 5.13. The van der Waals surface area contributed by atoms with E-state index in [0.717, 1.165) is 43.7 Å². The van der Waals surface area contributed by atoms with Crippen LogP contribution in [0.4, 0.5) is 5.69 Å².